The standard InChI is InChI=1S/C17H12N.C14H14N.Ir/c1-3-7-14(8-4-1)16-11-12-17(18-13-16)15-9-5-2-6-10-15;1-10-4-6-13(12(3)8-10)14-7-5-11(2)9-15-14;/h1-9,11-13H;4-5,7-9H,1-3H3;/q2*-1;. The normalized spacial score (nSPS) is 9.97. The Morgan fingerprint density at radius 1 is 0.618 bits per heavy atom. The van der Waals surface area contributed by atoms with Gasteiger partial charge in [0.2, 0.25) is 0 Å². The van der Waals surface area contributed by atoms with Gasteiger partial charge in [0.25, 0.3) is 0 Å². The van der Waals surface area contributed by atoms with Crippen LogP contribution in [-0.2, 0) is 20.1 Å². The summed E-state index contributed by atoms with van der Waals surface area (Å²) in [5.74, 6) is 0. The SMILES string of the molecule is Cc1ccc(-c2[c-]cc(C)cc2C)nc1.[Ir].[c-]1ccccc1-c1ccc(-c2ccccc2)cn1. The van der Waals surface area contributed by atoms with Gasteiger partial charge in [0.15, 0.2) is 0 Å². The van der Waals surface area contributed by atoms with Crippen LogP contribution in [0.1, 0.15) is 16.7 Å². The number of aryl methyl sites for hydroxylation is 3. The maximum Gasteiger partial charge on any atom is 0.0239 e. The molecule has 5 aromatic rings. The molecule has 0 spiro atoms. The van der Waals surface area contributed by atoms with Crippen LogP contribution in [0, 0.1) is 32.9 Å². The molecule has 0 N–H and O–H groups in total. The van der Waals surface area contributed by atoms with Gasteiger partial charge in [-0.2, -0.15) is 0 Å². The number of aromatic nitrogens is 2. The van der Waals surface area contributed by atoms with Gasteiger partial charge in [0, 0.05) is 32.5 Å². The fourth-order valence-electron chi connectivity index (χ4n) is 3.55. The van der Waals surface area contributed by atoms with Crippen LogP contribution in [0.2, 0.25) is 0 Å². The molecule has 171 valence electrons. The van der Waals surface area contributed by atoms with E-state index in [0.29, 0.717) is 0 Å². The minimum absolute atomic E-state index is 0. The van der Waals surface area contributed by atoms with Crippen LogP contribution >= 0.6 is 0 Å². The van der Waals surface area contributed by atoms with Crippen molar-refractivity contribution in [1.82, 2.24) is 9.97 Å². The van der Waals surface area contributed by atoms with Gasteiger partial charge in [-0.05, 0) is 35.0 Å². The summed E-state index contributed by atoms with van der Waals surface area (Å²) in [6.45, 7) is 6.22. The van der Waals surface area contributed by atoms with Crippen molar-refractivity contribution in [3.63, 3.8) is 0 Å². The van der Waals surface area contributed by atoms with Crippen LogP contribution in [-0.4, -0.2) is 9.97 Å². The molecule has 3 aromatic carbocycles. The van der Waals surface area contributed by atoms with Gasteiger partial charge in [-0.25, -0.2) is 0 Å². The summed E-state index contributed by atoms with van der Waals surface area (Å²) in [5, 5.41) is 0. The molecule has 0 aliphatic rings. The molecule has 0 bridgehead atoms. The number of rotatable bonds is 3. The van der Waals surface area contributed by atoms with Crippen LogP contribution in [0.3, 0.4) is 0 Å². The number of benzene rings is 3. The quantitative estimate of drug-likeness (QED) is 0.194. The smallest absolute Gasteiger partial charge is 0.0239 e. The van der Waals surface area contributed by atoms with Gasteiger partial charge in [-0.3, -0.25) is 0 Å². The topological polar surface area (TPSA) is 25.8 Å². The number of pyridine rings is 2. The Morgan fingerprint density at radius 3 is 1.97 bits per heavy atom. The average molecular weight is 619 g/mol. The van der Waals surface area contributed by atoms with E-state index in [1.807, 2.05) is 80.0 Å². The van der Waals surface area contributed by atoms with E-state index >= 15 is 0 Å². The maximum atomic E-state index is 4.49. The van der Waals surface area contributed by atoms with Crippen LogP contribution < -0.4 is 0 Å². The third kappa shape index (κ3) is 6.57. The van der Waals surface area contributed by atoms with Crippen molar-refractivity contribution in [2.24, 2.45) is 0 Å². The van der Waals surface area contributed by atoms with E-state index in [9.17, 15) is 0 Å². The summed E-state index contributed by atoms with van der Waals surface area (Å²) in [7, 11) is 0. The summed E-state index contributed by atoms with van der Waals surface area (Å²) < 4.78 is 0. The van der Waals surface area contributed by atoms with Crippen LogP contribution in [0.4, 0.5) is 0 Å². The van der Waals surface area contributed by atoms with E-state index in [1.54, 1.807) is 0 Å². The molecule has 5 rings (SSSR count). The van der Waals surface area contributed by atoms with E-state index in [2.05, 4.69) is 66.3 Å². The van der Waals surface area contributed by atoms with E-state index in [-0.39, 0.29) is 20.1 Å². The molecule has 3 heteroatoms. The van der Waals surface area contributed by atoms with Gasteiger partial charge in [0.1, 0.15) is 0 Å². The molecule has 0 amide bonds. The van der Waals surface area contributed by atoms with Gasteiger partial charge in [0.05, 0.1) is 0 Å². The monoisotopic (exact) mass is 619 g/mol. The number of nitrogens with zero attached hydrogens (tertiary/aromatic N) is 2. The largest absolute Gasteiger partial charge is 0.304 e. The van der Waals surface area contributed by atoms with E-state index in [4.69, 9.17) is 0 Å². The zero-order valence-electron chi connectivity index (χ0n) is 19.5. The summed E-state index contributed by atoms with van der Waals surface area (Å²) >= 11 is 0. The Labute approximate surface area is 216 Å². The van der Waals surface area contributed by atoms with E-state index < -0.39 is 0 Å². The van der Waals surface area contributed by atoms with Crippen molar-refractivity contribution >= 4 is 0 Å². The minimum Gasteiger partial charge on any atom is -0.304 e. The van der Waals surface area contributed by atoms with Crippen LogP contribution in [0.15, 0.2) is 103 Å². The fourth-order valence-corrected chi connectivity index (χ4v) is 3.55. The fraction of sp³-hybridized carbons (Fsp3) is 0.0968. The Hall–Kier alpha value is -3.39. The molecule has 0 aliphatic heterocycles. The molecule has 0 saturated carbocycles. The van der Waals surface area contributed by atoms with E-state index in [0.717, 1.165) is 28.1 Å². The van der Waals surface area contributed by atoms with Crippen LogP contribution in [0.25, 0.3) is 33.6 Å². The predicted octanol–water partition coefficient (Wildman–Crippen LogP) is 7.69. The predicted molar refractivity (Wildman–Crippen MR) is 137 cm³/mol. The first-order valence-corrected chi connectivity index (χ1v) is 11.0. The molecule has 0 saturated heterocycles. The van der Waals surface area contributed by atoms with Gasteiger partial charge in [-0.15, -0.1) is 70.8 Å². The summed E-state index contributed by atoms with van der Waals surface area (Å²) in [4.78, 5) is 8.90. The first-order chi connectivity index (χ1) is 16.1. The Morgan fingerprint density at radius 2 is 1.35 bits per heavy atom. The Bertz CT molecular complexity index is 1240. The van der Waals surface area contributed by atoms with Crippen molar-refractivity contribution in [2.45, 2.75) is 20.8 Å². The molecule has 2 heterocycles. The first kappa shape index (κ1) is 25.2. The molecule has 0 atom stereocenters. The summed E-state index contributed by atoms with van der Waals surface area (Å²) in [6.07, 6.45) is 3.80. The zero-order valence-corrected chi connectivity index (χ0v) is 21.9. The molecule has 0 aliphatic carbocycles. The molecular weight excluding hydrogens is 593 g/mol. The summed E-state index contributed by atoms with van der Waals surface area (Å²) in [6, 6.07) is 37.0. The van der Waals surface area contributed by atoms with E-state index in [1.165, 1.54) is 22.3 Å². The zero-order chi connectivity index (χ0) is 23.0. The van der Waals surface area contributed by atoms with Crippen LogP contribution in [0.5, 0.6) is 0 Å². The second kappa shape index (κ2) is 12.2. The number of hydrogen-bond donors (Lipinski definition) is 0. The average Bonchev–Trinajstić information content (AvgIpc) is 2.86. The Balaban J connectivity index is 0.000000188. The van der Waals surface area contributed by atoms with Crippen molar-refractivity contribution in [1.29, 1.82) is 0 Å². The third-order valence-corrected chi connectivity index (χ3v) is 5.31. The molecule has 1 radical (unpaired) electrons. The van der Waals surface area contributed by atoms with Gasteiger partial charge >= 0.3 is 0 Å². The summed E-state index contributed by atoms with van der Waals surface area (Å²) in [5.41, 5.74) is 10.0. The second-order valence-electron chi connectivity index (χ2n) is 8.03. The van der Waals surface area contributed by atoms with Crippen molar-refractivity contribution in [3.8, 4) is 33.6 Å². The molecule has 0 fully saturated rings. The minimum atomic E-state index is 0. The third-order valence-electron chi connectivity index (χ3n) is 5.31. The van der Waals surface area contributed by atoms with Gasteiger partial charge in [-0.1, -0.05) is 68.4 Å². The molecule has 2 aromatic heterocycles. The van der Waals surface area contributed by atoms with Crippen molar-refractivity contribution < 1.29 is 20.1 Å². The van der Waals surface area contributed by atoms with Gasteiger partial charge < -0.3 is 9.97 Å². The molecule has 34 heavy (non-hydrogen) atoms. The van der Waals surface area contributed by atoms with Crippen molar-refractivity contribution in [2.75, 3.05) is 0 Å². The molecule has 2 nitrogen and oxygen atoms in total. The van der Waals surface area contributed by atoms with Crippen molar-refractivity contribution in [3.05, 3.63) is 132 Å². The number of hydrogen-bond acceptors (Lipinski definition) is 2. The Kier molecular flexibility index (Phi) is 9.04. The maximum absolute atomic E-state index is 4.49. The first-order valence-electron chi connectivity index (χ1n) is 11.0. The molecular formula is C31H26IrN2-2. The molecule has 0 unspecified atom stereocenters. The second-order valence-corrected chi connectivity index (χ2v) is 8.03.